The van der Waals surface area contributed by atoms with Crippen molar-refractivity contribution in [2.75, 3.05) is 0 Å². The first-order valence-corrected chi connectivity index (χ1v) is 6.02. The third-order valence-corrected chi connectivity index (χ3v) is 2.85. The number of pyridine rings is 1. The van der Waals surface area contributed by atoms with E-state index < -0.39 is 6.10 Å². The van der Waals surface area contributed by atoms with Crippen LogP contribution < -0.4 is 4.74 Å². The second-order valence-electron chi connectivity index (χ2n) is 4.10. The van der Waals surface area contributed by atoms with Crippen LogP contribution in [0.3, 0.4) is 0 Å². The maximum absolute atomic E-state index is 9.45. The average molecular weight is 264 g/mol. The Hall–Kier alpha value is -1.58. The van der Waals surface area contributed by atoms with Crippen LogP contribution >= 0.6 is 11.6 Å². The van der Waals surface area contributed by atoms with E-state index in [1.54, 1.807) is 31.3 Å². The fraction of sp³-hybridized carbons (Fsp3) is 0.214. The van der Waals surface area contributed by atoms with Gasteiger partial charge in [0.15, 0.2) is 0 Å². The summed E-state index contributed by atoms with van der Waals surface area (Å²) < 4.78 is 5.62. The third kappa shape index (κ3) is 3.00. The number of hydrogen-bond donors (Lipinski definition) is 1. The number of halogens is 1. The molecule has 3 nitrogen and oxygen atoms in total. The number of hydrogen-bond acceptors (Lipinski definition) is 3. The summed E-state index contributed by atoms with van der Waals surface area (Å²) in [6, 6.07) is 8.93. The summed E-state index contributed by atoms with van der Waals surface area (Å²) in [4.78, 5) is 4.14. The minimum absolute atomic E-state index is 0.467. The van der Waals surface area contributed by atoms with Crippen molar-refractivity contribution in [1.82, 2.24) is 4.98 Å². The Morgan fingerprint density at radius 2 is 2.06 bits per heavy atom. The van der Waals surface area contributed by atoms with Crippen molar-refractivity contribution in [3.63, 3.8) is 0 Å². The standard InChI is InChI=1S/C14H14ClNO2/c1-9-3-5-12(8-16-9)18-14-6-4-11(10(2)17)7-13(14)15/h3-8,10,17H,1-2H3/t10-/m1/s1. The molecule has 0 aliphatic carbocycles. The van der Waals surface area contributed by atoms with E-state index in [1.807, 2.05) is 19.1 Å². The zero-order chi connectivity index (χ0) is 13.1. The lowest BCUT2D eigenvalue weighted by molar-refractivity contribution is 0.199. The Kier molecular flexibility index (Phi) is 3.84. The molecule has 18 heavy (non-hydrogen) atoms. The topological polar surface area (TPSA) is 42.4 Å². The normalized spacial score (nSPS) is 12.2. The fourth-order valence-corrected chi connectivity index (χ4v) is 1.73. The molecule has 2 aromatic rings. The molecule has 4 heteroatoms. The summed E-state index contributed by atoms with van der Waals surface area (Å²) in [6.45, 7) is 3.60. The highest BCUT2D eigenvalue weighted by molar-refractivity contribution is 6.32. The van der Waals surface area contributed by atoms with Crippen LogP contribution in [0.25, 0.3) is 0 Å². The molecule has 1 aromatic carbocycles. The second-order valence-corrected chi connectivity index (χ2v) is 4.51. The van der Waals surface area contributed by atoms with Crippen molar-refractivity contribution in [3.8, 4) is 11.5 Å². The van der Waals surface area contributed by atoms with Crippen molar-refractivity contribution < 1.29 is 9.84 Å². The van der Waals surface area contributed by atoms with Crippen LogP contribution in [0, 0.1) is 6.92 Å². The molecule has 0 unspecified atom stereocenters. The molecule has 0 spiro atoms. The lowest BCUT2D eigenvalue weighted by Crippen LogP contribution is -1.92. The molecule has 1 atom stereocenters. The van der Waals surface area contributed by atoms with E-state index in [1.165, 1.54) is 0 Å². The number of aliphatic hydroxyl groups excluding tert-OH is 1. The Morgan fingerprint density at radius 1 is 1.28 bits per heavy atom. The van der Waals surface area contributed by atoms with Crippen molar-refractivity contribution >= 4 is 11.6 Å². The molecule has 0 amide bonds. The predicted molar refractivity (Wildman–Crippen MR) is 71.1 cm³/mol. The molecule has 0 aliphatic rings. The second kappa shape index (κ2) is 5.38. The highest BCUT2D eigenvalue weighted by Gasteiger charge is 2.07. The molecule has 0 aliphatic heterocycles. The van der Waals surface area contributed by atoms with E-state index >= 15 is 0 Å². The zero-order valence-electron chi connectivity index (χ0n) is 10.2. The number of aliphatic hydroxyl groups is 1. The van der Waals surface area contributed by atoms with Crippen LogP contribution in [-0.2, 0) is 0 Å². The molecule has 94 valence electrons. The van der Waals surface area contributed by atoms with Gasteiger partial charge in [-0.3, -0.25) is 4.98 Å². The highest BCUT2D eigenvalue weighted by Crippen LogP contribution is 2.31. The maximum atomic E-state index is 9.45. The van der Waals surface area contributed by atoms with Gasteiger partial charge in [-0.15, -0.1) is 0 Å². The SMILES string of the molecule is Cc1ccc(Oc2ccc([C@@H](C)O)cc2Cl)cn1. The summed E-state index contributed by atoms with van der Waals surface area (Å²) in [5.74, 6) is 1.18. The van der Waals surface area contributed by atoms with Crippen molar-refractivity contribution in [2.45, 2.75) is 20.0 Å². The van der Waals surface area contributed by atoms with Gasteiger partial charge in [0.2, 0.25) is 0 Å². The first kappa shape index (κ1) is 12.9. The number of aryl methyl sites for hydroxylation is 1. The molecular formula is C14H14ClNO2. The van der Waals surface area contributed by atoms with Gasteiger partial charge in [0, 0.05) is 5.69 Å². The van der Waals surface area contributed by atoms with Crippen LogP contribution in [0.2, 0.25) is 5.02 Å². The molecule has 1 heterocycles. The van der Waals surface area contributed by atoms with Gasteiger partial charge in [-0.2, -0.15) is 0 Å². The van der Waals surface area contributed by atoms with Crippen LogP contribution in [0.15, 0.2) is 36.5 Å². The molecular weight excluding hydrogens is 250 g/mol. The van der Waals surface area contributed by atoms with Crippen molar-refractivity contribution in [1.29, 1.82) is 0 Å². The number of ether oxygens (including phenoxy) is 1. The van der Waals surface area contributed by atoms with Gasteiger partial charge < -0.3 is 9.84 Å². The molecule has 0 saturated carbocycles. The lowest BCUT2D eigenvalue weighted by atomic mass is 10.1. The number of rotatable bonds is 3. The van der Waals surface area contributed by atoms with Gasteiger partial charge in [0.05, 0.1) is 17.3 Å². The number of aromatic nitrogens is 1. The van der Waals surface area contributed by atoms with Crippen LogP contribution in [0.1, 0.15) is 24.3 Å². The summed E-state index contributed by atoms with van der Waals surface area (Å²) in [7, 11) is 0. The fourth-order valence-electron chi connectivity index (χ4n) is 1.50. The lowest BCUT2D eigenvalue weighted by Gasteiger charge is -2.10. The first-order valence-electron chi connectivity index (χ1n) is 5.64. The number of benzene rings is 1. The van der Waals surface area contributed by atoms with E-state index in [9.17, 15) is 5.11 Å². The Labute approximate surface area is 111 Å². The minimum Gasteiger partial charge on any atom is -0.454 e. The predicted octanol–water partition coefficient (Wildman–Crippen LogP) is 3.89. The van der Waals surface area contributed by atoms with Crippen LogP contribution in [0.4, 0.5) is 0 Å². The van der Waals surface area contributed by atoms with Crippen LogP contribution in [0.5, 0.6) is 11.5 Å². The largest absolute Gasteiger partial charge is 0.454 e. The smallest absolute Gasteiger partial charge is 0.146 e. The molecule has 1 aromatic heterocycles. The van der Waals surface area contributed by atoms with E-state index in [2.05, 4.69) is 4.98 Å². The monoisotopic (exact) mass is 263 g/mol. The zero-order valence-corrected chi connectivity index (χ0v) is 11.0. The Balaban J connectivity index is 2.22. The van der Waals surface area contributed by atoms with Crippen molar-refractivity contribution in [3.05, 3.63) is 52.8 Å². The van der Waals surface area contributed by atoms with Gasteiger partial charge in [-0.05, 0) is 43.7 Å². The van der Waals surface area contributed by atoms with Gasteiger partial charge in [-0.1, -0.05) is 17.7 Å². The first-order chi connectivity index (χ1) is 8.56. The third-order valence-electron chi connectivity index (χ3n) is 2.55. The Bertz CT molecular complexity index is 538. The molecule has 0 radical (unpaired) electrons. The van der Waals surface area contributed by atoms with E-state index in [0.717, 1.165) is 11.3 Å². The summed E-state index contributed by atoms with van der Waals surface area (Å²) >= 11 is 6.10. The molecule has 0 fully saturated rings. The summed E-state index contributed by atoms with van der Waals surface area (Å²) in [6.07, 6.45) is 1.10. The molecule has 0 saturated heterocycles. The molecule has 0 bridgehead atoms. The van der Waals surface area contributed by atoms with Crippen molar-refractivity contribution in [2.24, 2.45) is 0 Å². The van der Waals surface area contributed by atoms with Gasteiger partial charge >= 0.3 is 0 Å². The minimum atomic E-state index is -0.544. The summed E-state index contributed by atoms with van der Waals surface area (Å²) in [5.41, 5.74) is 1.69. The highest BCUT2D eigenvalue weighted by atomic mass is 35.5. The van der Waals surface area contributed by atoms with Gasteiger partial charge in [-0.25, -0.2) is 0 Å². The van der Waals surface area contributed by atoms with Gasteiger partial charge in [0.25, 0.3) is 0 Å². The quantitative estimate of drug-likeness (QED) is 0.914. The van der Waals surface area contributed by atoms with E-state index in [4.69, 9.17) is 16.3 Å². The number of nitrogens with zero attached hydrogens (tertiary/aromatic N) is 1. The molecule has 2 rings (SSSR count). The van der Waals surface area contributed by atoms with E-state index in [0.29, 0.717) is 16.5 Å². The summed E-state index contributed by atoms with van der Waals surface area (Å²) in [5, 5.41) is 9.92. The Morgan fingerprint density at radius 3 is 2.61 bits per heavy atom. The van der Waals surface area contributed by atoms with Gasteiger partial charge in [0.1, 0.15) is 11.5 Å². The molecule has 1 N–H and O–H groups in total. The van der Waals surface area contributed by atoms with Crippen LogP contribution in [-0.4, -0.2) is 10.1 Å². The average Bonchev–Trinajstić information content (AvgIpc) is 2.34. The van der Waals surface area contributed by atoms with E-state index in [-0.39, 0.29) is 0 Å². The maximum Gasteiger partial charge on any atom is 0.146 e.